The predicted molar refractivity (Wildman–Crippen MR) is 82.5 cm³/mol. The third kappa shape index (κ3) is 4.19. The van der Waals surface area contributed by atoms with Gasteiger partial charge in [-0.3, -0.25) is 14.7 Å². The van der Waals surface area contributed by atoms with Crippen molar-refractivity contribution in [3.63, 3.8) is 0 Å². The lowest BCUT2D eigenvalue weighted by Crippen LogP contribution is -2.50. The lowest BCUT2D eigenvalue weighted by molar-refractivity contribution is -0.148. The first-order valence-electron chi connectivity index (χ1n) is 7.72. The van der Waals surface area contributed by atoms with E-state index in [-0.39, 0.29) is 18.3 Å². The molecule has 0 spiro atoms. The Morgan fingerprint density at radius 3 is 2.79 bits per heavy atom. The zero-order chi connectivity index (χ0) is 17.2. The molecule has 0 aliphatic carbocycles. The maximum absolute atomic E-state index is 12.5. The van der Waals surface area contributed by atoms with Gasteiger partial charge in [-0.25, -0.2) is 4.98 Å². The van der Waals surface area contributed by atoms with Crippen molar-refractivity contribution in [2.24, 2.45) is 0 Å². The average molecular weight is 338 g/mol. The number of amides is 1. The Labute approximate surface area is 136 Å². The molecule has 8 heteroatoms. The van der Waals surface area contributed by atoms with E-state index in [2.05, 4.69) is 15.3 Å². The molecule has 2 heterocycles. The highest BCUT2D eigenvalue weighted by Gasteiger charge is 2.33. The van der Waals surface area contributed by atoms with Crippen molar-refractivity contribution in [1.29, 1.82) is 0 Å². The molecule has 1 aromatic heterocycles. The quantitative estimate of drug-likeness (QED) is 0.934. The van der Waals surface area contributed by atoms with Gasteiger partial charge in [0, 0.05) is 12.6 Å². The van der Waals surface area contributed by atoms with Gasteiger partial charge in [-0.1, -0.05) is 12.1 Å². The van der Waals surface area contributed by atoms with Crippen LogP contribution in [0.15, 0.2) is 30.5 Å². The summed E-state index contributed by atoms with van der Waals surface area (Å²) < 4.78 is 37.5. The van der Waals surface area contributed by atoms with Crippen molar-refractivity contribution in [3.8, 4) is 0 Å². The van der Waals surface area contributed by atoms with Crippen LogP contribution in [-0.4, -0.2) is 52.6 Å². The molecule has 1 aliphatic rings. The Balaban J connectivity index is 1.64. The summed E-state index contributed by atoms with van der Waals surface area (Å²) in [5.74, 6) is -0.410. The molecule has 1 amide bonds. The molecule has 1 fully saturated rings. The molecule has 1 aromatic carbocycles. The van der Waals surface area contributed by atoms with Crippen LogP contribution in [0.5, 0.6) is 0 Å². The van der Waals surface area contributed by atoms with Gasteiger partial charge in [0.1, 0.15) is 5.69 Å². The van der Waals surface area contributed by atoms with Crippen molar-refractivity contribution in [1.82, 2.24) is 20.2 Å². The molecule has 1 aliphatic heterocycles. The molecule has 1 N–H and O–H groups in total. The number of hydrogen-bond donors (Lipinski definition) is 1. The third-order valence-corrected chi connectivity index (χ3v) is 3.92. The number of benzene rings is 1. The number of carbonyl (C=O) groups excluding carboxylic acids is 1. The summed E-state index contributed by atoms with van der Waals surface area (Å²) in [7, 11) is 0. The fourth-order valence-corrected chi connectivity index (χ4v) is 2.90. The van der Waals surface area contributed by atoms with Gasteiger partial charge in [-0.2, -0.15) is 13.2 Å². The first-order chi connectivity index (χ1) is 11.4. The van der Waals surface area contributed by atoms with Crippen LogP contribution in [0, 0.1) is 0 Å². The van der Waals surface area contributed by atoms with Gasteiger partial charge in [0.05, 0.1) is 23.8 Å². The number of nitrogens with one attached hydrogen (secondary N) is 1. The van der Waals surface area contributed by atoms with Crippen LogP contribution in [0.25, 0.3) is 11.0 Å². The predicted octanol–water partition coefficient (Wildman–Crippen LogP) is 2.39. The van der Waals surface area contributed by atoms with Crippen LogP contribution in [-0.2, 0) is 0 Å². The van der Waals surface area contributed by atoms with E-state index < -0.39 is 18.6 Å². The van der Waals surface area contributed by atoms with E-state index >= 15 is 0 Å². The minimum absolute atomic E-state index is 0.168. The van der Waals surface area contributed by atoms with Gasteiger partial charge < -0.3 is 5.32 Å². The van der Waals surface area contributed by atoms with Crippen LogP contribution in [0.4, 0.5) is 13.2 Å². The zero-order valence-corrected chi connectivity index (χ0v) is 12.9. The molecule has 0 saturated carbocycles. The number of likely N-dealkylation sites (tertiary alicyclic amines) is 1. The van der Waals surface area contributed by atoms with Crippen LogP contribution in [0.1, 0.15) is 23.3 Å². The Morgan fingerprint density at radius 2 is 2.04 bits per heavy atom. The van der Waals surface area contributed by atoms with Crippen LogP contribution in [0.3, 0.4) is 0 Å². The summed E-state index contributed by atoms with van der Waals surface area (Å²) in [5, 5.41) is 2.77. The standard InChI is InChI=1S/C16H17F3N4O/c17-16(18,19)10-23-7-3-4-11(9-23)21-15(24)14-8-20-12-5-1-2-6-13(12)22-14/h1-2,5-6,8,11H,3-4,7,9-10H2,(H,21,24). The fourth-order valence-electron chi connectivity index (χ4n) is 2.90. The summed E-state index contributed by atoms with van der Waals surface area (Å²) in [6, 6.07) is 6.86. The number of carbonyl (C=O) groups is 1. The van der Waals surface area contributed by atoms with Crippen LogP contribution in [0.2, 0.25) is 0 Å². The first kappa shape index (κ1) is 16.6. The Hall–Kier alpha value is -2.22. The average Bonchev–Trinajstić information content (AvgIpc) is 2.53. The Morgan fingerprint density at radius 1 is 1.29 bits per heavy atom. The van der Waals surface area contributed by atoms with Crippen LogP contribution >= 0.6 is 0 Å². The van der Waals surface area contributed by atoms with Gasteiger partial charge >= 0.3 is 6.18 Å². The van der Waals surface area contributed by atoms with E-state index in [1.165, 1.54) is 11.1 Å². The maximum atomic E-state index is 12.5. The summed E-state index contributed by atoms with van der Waals surface area (Å²) in [4.78, 5) is 22.0. The number of para-hydroxylation sites is 2. The summed E-state index contributed by atoms with van der Waals surface area (Å²) in [6.07, 6.45) is -1.57. The maximum Gasteiger partial charge on any atom is 0.401 e. The highest BCUT2D eigenvalue weighted by atomic mass is 19.4. The molecule has 0 radical (unpaired) electrons. The minimum Gasteiger partial charge on any atom is -0.347 e. The number of fused-ring (bicyclic) bond motifs is 1. The van der Waals surface area contributed by atoms with E-state index in [0.29, 0.717) is 30.4 Å². The molecule has 2 aromatic rings. The second-order valence-electron chi connectivity index (χ2n) is 5.91. The summed E-state index contributed by atoms with van der Waals surface area (Å²) in [5.41, 5.74) is 1.46. The van der Waals surface area contributed by atoms with E-state index in [9.17, 15) is 18.0 Å². The number of aromatic nitrogens is 2. The van der Waals surface area contributed by atoms with E-state index in [4.69, 9.17) is 0 Å². The smallest absolute Gasteiger partial charge is 0.347 e. The summed E-state index contributed by atoms with van der Waals surface area (Å²) in [6.45, 7) is -0.372. The Kier molecular flexibility index (Phi) is 4.66. The second kappa shape index (κ2) is 6.72. The molecular weight excluding hydrogens is 321 g/mol. The number of hydrogen-bond acceptors (Lipinski definition) is 4. The molecule has 1 atom stereocenters. The van der Waals surface area contributed by atoms with Gasteiger partial charge in [0.15, 0.2) is 0 Å². The highest BCUT2D eigenvalue weighted by Crippen LogP contribution is 2.20. The van der Waals surface area contributed by atoms with Crippen molar-refractivity contribution >= 4 is 16.9 Å². The third-order valence-electron chi connectivity index (χ3n) is 3.92. The van der Waals surface area contributed by atoms with Crippen molar-refractivity contribution < 1.29 is 18.0 Å². The monoisotopic (exact) mass is 338 g/mol. The number of piperidine rings is 1. The molecule has 1 saturated heterocycles. The molecule has 128 valence electrons. The SMILES string of the molecule is O=C(NC1CCCN(CC(F)(F)F)C1)c1cnc2ccccc2n1. The molecule has 1 unspecified atom stereocenters. The fraction of sp³-hybridized carbons (Fsp3) is 0.438. The van der Waals surface area contributed by atoms with Crippen LogP contribution < -0.4 is 5.32 Å². The summed E-state index contributed by atoms with van der Waals surface area (Å²) >= 11 is 0. The molecule has 5 nitrogen and oxygen atoms in total. The van der Waals surface area contributed by atoms with Crippen molar-refractivity contribution in [2.45, 2.75) is 25.1 Å². The lowest BCUT2D eigenvalue weighted by atomic mass is 10.1. The van der Waals surface area contributed by atoms with Gasteiger partial charge in [0.25, 0.3) is 5.91 Å². The molecular formula is C16H17F3N4O. The lowest BCUT2D eigenvalue weighted by Gasteiger charge is -2.33. The van der Waals surface area contributed by atoms with E-state index in [1.807, 2.05) is 6.07 Å². The molecule has 0 bridgehead atoms. The van der Waals surface area contributed by atoms with Crippen molar-refractivity contribution in [3.05, 3.63) is 36.2 Å². The largest absolute Gasteiger partial charge is 0.401 e. The topological polar surface area (TPSA) is 58.1 Å². The molecule has 24 heavy (non-hydrogen) atoms. The number of nitrogens with zero attached hydrogens (tertiary/aromatic N) is 3. The van der Waals surface area contributed by atoms with Gasteiger partial charge in [-0.15, -0.1) is 0 Å². The second-order valence-corrected chi connectivity index (χ2v) is 5.91. The van der Waals surface area contributed by atoms with Gasteiger partial charge in [0.2, 0.25) is 0 Å². The van der Waals surface area contributed by atoms with Crippen molar-refractivity contribution in [2.75, 3.05) is 19.6 Å². The van der Waals surface area contributed by atoms with E-state index in [0.717, 1.165) is 0 Å². The Bertz CT molecular complexity index is 735. The zero-order valence-electron chi connectivity index (χ0n) is 12.9. The highest BCUT2D eigenvalue weighted by molar-refractivity contribution is 5.93. The number of alkyl halides is 3. The normalized spacial score (nSPS) is 19.4. The first-order valence-corrected chi connectivity index (χ1v) is 7.72. The minimum atomic E-state index is -4.23. The number of rotatable bonds is 3. The van der Waals surface area contributed by atoms with E-state index in [1.54, 1.807) is 18.2 Å². The molecule has 3 rings (SSSR count). The number of halogens is 3. The van der Waals surface area contributed by atoms with Gasteiger partial charge in [-0.05, 0) is 31.5 Å².